The lowest BCUT2D eigenvalue weighted by Crippen LogP contribution is -2.43. The Morgan fingerprint density at radius 2 is 2.10 bits per heavy atom. The average Bonchev–Trinajstić information content (AvgIpc) is 2.76. The monoisotopic (exact) mass is 287 g/mol. The number of hydrogen-bond donors (Lipinski definition) is 1. The van der Waals surface area contributed by atoms with Gasteiger partial charge in [0.05, 0.1) is 0 Å². The molecule has 1 saturated heterocycles. The molecule has 0 aromatic carbocycles. The van der Waals surface area contributed by atoms with Crippen molar-refractivity contribution in [3.05, 3.63) is 29.6 Å². The van der Waals surface area contributed by atoms with Crippen molar-refractivity contribution in [2.45, 2.75) is 58.0 Å². The van der Waals surface area contributed by atoms with Crippen molar-refractivity contribution in [2.24, 2.45) is 5.92 Å². The lowest BCUT2D eigenvalue weighted by molar-refractivity contribution is 0.201. The molecule has 1 unspecified atom stereocenters. The van der Waals surface area contributed by atoms with Gasteiger partial charge in [-0.2, -0.15) is 0 Å². The molecule has 1 aromatic heterocycles. The van der Waals surface area contributed by atoms with Gasteiger partial charge in [-0.05, 0) is 62.4 Å². The van der Waals surface area contributed by atoms with Gasteiger partial charge in [-0.3, -0.25) is 9.88 Å². The predicted molar refractivity (Wildman–Crippen MR) is 87.2 cm³/mol. The minimum absolute atomic E-state index is 0.704. The molecule has 2 fully saturated rings. The van der Waals surface area contributed by atoms with Gasteiger partial charge in [-0.25, -0.2) is 0 Å². The highest BCUT2D eigenvalue weighted by Gasteiger charge is 2.26. The fourth-order valence-corrected chi connectivity index (χ4v) is 3.94. The van der Waals surface area contributed by atoms with E-state index < -0.39 is 0 Å². The second-order valence-corrected chi connectivity index (χ2v) is 6.85. The number of rotatable bonds is 3. The first-order valence-electron chi connectivity index (χ1n) is 8.68. The maximum atomic E-state index is 4.21. The summed E-state index contributed by atoms with van der Waals surface area (Å²) in [6, 6.07) is 2.89. The summed E-state index contributed by atoms with van der Waals surface area (Å²) in [6.07, 6.45) is 12.4. The zero-order valence-electron chi connectivity index (χ0n) is 13.4. The number of aromatic nitrogens is 1. The van der Waals surface area contributed by atoms with Crippen molar-refractivity contribution in [2.75, 3.05) is 19.6 Å². The second kappa shape index (κ2) is 7.37. The molecule has 1 aliphatic heterocycles. The van der Waals surface area contributed by atoms with Crippen molar-refractivity contribution >= 4 is 0 Å². The Labute approximate surface area is 129 Å². The Morgan fingerprint density at radius 3 is 2.90 bits per heavy atom. The molecule has 3 rings (SSSR count). The molecule has 21 heavy (non-hydrogen) atoms. The third kappa shape index (κ3) is 4.04. The van der Waals surface area contributed by atoms with E-state index >= 15 is 0 Å². The Kier molecular flexibility index (Phi) is 5.26. The van der Waals surface area contributed by atoms with E-state index in [9.17, 15) is 0 Å². The average molecular weight is 287 g/mol. The highest BCUT2D eigenvalue weighted by molar-refractivity contribution is 5.21. The van der Waals surface area contributed by atoms with E-state index in [0.717, 1.165) is 12.5 Å². The van der Waals surface area contributed by atoms with E-state index in [1.165, 1.54) is 69.3 Å². The molecule has 3 nitrogen and oxygen atoms in total. The summed E-state index contributed by atoms with van der Waals surface area (Å²) >= 11 is 0. The molecule has 2 aliphatic rings. The van der Waals surface area contributed by atoms with Gasteiger partial charge in [0.2, 0.25) is 0 Å². The number of nitrogens with one attached hydrogen (secondary N) is 1. The molecule has 1 N–H and O–H groups in total. The van der Waals surface area contributed by atoms with Crippen LogP contribution in [0.2, 0.25) is 0 Å². The van der Waals surface area contributed by atoms with Gasteiger partial charge < -0.3 is 5.32 Å². The molecule has 2 heterocycles. The molecule has 1 saturated carbocycles. The van der Waals surface area contributed by atoms with Crippen LogP contribution >= 0.6 is 0 Å². The highest BCUT2D eigenvalue weighted by atomic mass is 15.2. The van der Waals surface area contributed by atoms with Crippen LogP contribution in [-0.4, -0.2) is 35.6 Å². The predicted octanol–water partition coefficient (Wildman–Crippen LogP) is 3.13. The molecular weight excluding hydrogens is 258 g/mol. The fraction of sp³-hybridized carbons (Fsp3) is 0.722. The maximum absolute atomic E-state index is 4.21. The van der Waals surface area contributed by atoms with Crippen molar-refractivity contribution in [1.82, 2.24) is 15.2 Å². The third-order valence-corrected chi connectivity index (χ3v) is 5.26. The van der Waals surface area contributed by atoms with Crippen molar-refractivity contribution in [3.63, 3.8) is 0 Å². The van der Waals surface area contributed by atoms with Crippen LogP contribution in [0.4, 0.5) is 0 Å². The summed E-state index contributed by atoms with van der Waals surface area (Å²) in [5.41, 5.74) is 2.76. The van der Waals surface area contributed by atoms with Gasteiger partial charge in [-0.15, -0.1) is 0 Å². The second-order valence-electron chi connectivity index (χ2n) is 6.85. The van der Waals surface area contributed by atoms with Gasteiger partial charge in [0.1, 0.15) is 0 Å². The van der Waals surface area contributed by atoms with E-state index in [1.807, 2.05) is 12.4 Å². The summed E-state index contributed by atoms with van der Waals surface area (Å²) in [5.74, 6) is 0.901. The van der Waals surface area contributed by atoms with Crippen LogP contribution in [0.5, 0.6) is 0 Å². The molecule has 0 amide bonds. The lowest BCUT2D eigenvalue weighted by Gasteiger charge is -2.33. The number of aryl methyl sites for hydroxylation is 1. The summed E-state index contributed by atoms with van der Waals surface area (Å²) in [7, 11) is 0. The van der Waals surface area contributed by atoms with Crippen LogP contribution in [0.3, 0.4) is 0 Å². The molecule has 116 valence electrons. The third-order valence-electron chi connectivity index (χ3n) is 5.26. The Hall–Kier alpha value is -0.930. The smallest absolute Gasteiger partial charge is 0.0300 e. The summed E-state index contributed by atoms with van der Waals surface area (Å²) < 4.78 is 0. The molecule has 0 spiro atoms. The Bertz CT molecular complexity index is 440. The first-order valence-corrected chi connectivity index (χ1v) is 8.68. The minimum atomic E-state index is 0.704. The minimum Gasteiger partial charge on any atom is -0.312 e. The fourth-order valence-electron chi connectivity index (χ4n) is 3.94. The maximum Gasteiger partial charge on any atom is 0.0300 e. The summed E-state index contributed by atoms with van der Waals surface area (Å²) in [4.78, 5) is 6.87. The molecule has 1 aromatic rings. The number of nitrogens with zero attached hydrogens (tertiary/aromatic N) is 2. The number of hydrogen-bond acceptors (Lipinski definition) is 3. The SMILES string of the molecule is Cc1cnccc1CN1CCCNC(C2CCCCC2)C1. The summed E-state index contributed by atoms with van der Waals surface area (Å²) in [5, 5.41) is 3.83. The largest absolute Gasteiger partial charge is 0.312 e. The van der Waals surface area contributed by atoms with Crippen LogP contribution < -0.4 is 5.32 Å². The van der Waals surface area contributed by atoms with Gasteiger partial charge >= 0.3 is 0 Å². The van der Waals surface area contributed by atoms with Gasteiger partial charge in [0.15, 0.2) is 0 Å². The van der Waals surface area contributed by atoms with Crippen LogP contribution in [0, 0.1) is 12.8 Å². The van der Waals surface area contributed by atoms with E-state index in [2.05, 4.69) is 28.2 Å². The quantitative estimate of drug-likeness (QED) is 0.926. The van der Waals surface area contributed by atoms with Crippen LogP contribution in [0.1, 0.15) is 49.7 Å². The van der Waals surface area contributed by atoms with E-state index in [0.29, 0.717) is 6.04 Å². The molecular formula is C18H29N3. The topological polar surface area (TPSA) is 28.2 Å². The molecule has 1 aliphatic carbocycles. The highest BCUT2D eigenvalue weighted by Crippen LogP contribution is 2.28. The first-order chi connectivity index (χ1) is 10.3. The van der Waals surface area contributed by atoms with Gasteiger partial charge in [-0.1, -0.05) is 19.3 Å². The molecule has 0 radical (unpaired) electrons. The normalized spacial score (nSPS) is 25.7. The van der Waals surface area contributed by atoms with Crippen molar-refractivity contribution in [1.29, 1.82) is 0 Å². The first kappa shape index (κ1) is 15.0. The zero-order chi connectivity index (χ0) is 14.5. The molecule has 1 atom stereocenters. The van der Waals surface area contributed by atoms with Crippen molar-refractivity contribution in [3.8, 4) is 0 Å². The van der Waals surface area contributed by atoms with Gasteiger partial charge in [0, 0.05) is 31.5 Å². The summed E-state index contributed by atoms with van der Waals surface area (Å²) in [6.45, 7) is 6.88. The lowest BCUT2D eigenvalue weighted by atomic mass is 9.83. The van der Waals surface area contributed by atoms with Gasteiger partial charge in [0.25, 0.3) is 0 Å². The van der Waals surface area contributed by atoms with E-state index in [-0.39, 0.29) is 0 Å². The Morgan fingerprint density at radius 1 is 1.24 bits per heavy atom. The van der Waals surface area contributed by atoms with E-state index in [4.69, 9.17) is 0 Å². The Balaban J connectivity index is 1.63. The van der Waals surface area contributed by atoms with Crippen LogP contribution in [0.25, 0.3) is 0 Å². The van der Waals surface area contributed by atoms with Crippen LogP contribution in [0.15, 0.2) is 18.5 Å². The standard InChI is InChI=1S/C18H29N3/c1-15-12-19-10-8-17(15)13-21-11-5-9-20-18(14-21)16-6-3-2-4-7-16/h8,10,12,16,18,20H,2-7,9,11,13-14H2,1H3. The van der Waals surface area contributed by atoms with E-state index in [1.54, 1.807) is 0 Å². The zero-order valence-corrected chi connectivity index (χ0v) is 13.4. The molecule has 0 bridgehead atoms. The molecule has 3 heteroatoms. The van der Waals surface area contributed by atoms with Crippen molar-refractivity contribution < 1.29 is 0 Å². The number of pyridine rings is 1. The van der Waals surface area contributed by atoms with Crippen LogP contribution in [-0.2, 0) is 6.54 Å².